The van der Waals surface area contributed by atoms with Gasteiger partial charge in [0.1, 0.15) is 0 Å². The third kappa shape index (κ3) is 3.31. The summed E-state index contributed by atoms with van der Waals surface area (Å²) in [6.07, 6.45) is 1.17. The molecule has 0 spiro atoms. The van der Waals surface area contributed by atoms with Crippen molar-refractivity contribution >= 4 is 33.0 Å². The van der Waals surface area contributed by atoms with E-state index >= 15 is 0 Å². The van der Waals surface area contributed by atoms with E-state index in [1.807, 2.05) is 11.4 Å². The van der Waals surface area contributed by atoms with Gasteiger partial charge in [0.15, 0.2) is 5.78 Å². The van der Waals surface area contributed by atoms with Crippen molar-refractivity contribution in [1.29, 1.82) is 0 Å². The van der Waals surface area contributed by atoms with Gasteiger partial charge >= 0.3 is 0 Å². The third-order valence-corrected chi connectivity index (χ3v) is 5.93. The molecule has 0 bridgehead atoms. The van der Waals surface area contributed by atoms with Crippen LogP contribution in [0.4, 0.5) is 0 Å². The lowest BCUT2D eigenvalue weighted by Crippen LogP contribution is -2.45. The van der Waals surface area contributed by atoms with Gasteiger partial charge in [-0.3, -0.25) is 14.6 Å². The maximum Gasteiger partial charge on any atom is 0.187 e. The molecule has 0 radical (unpaired) electrons. The number of morpholine rings is 1. The Labute approximate surface area is 131 Å². The summed E-state index contributed by atoms with van der Waals surface area (Å²) in [5.74, 6) is 0.231. The summed E-state index contributed by atoms with van der Waals surface area (Å²) in [4.78, 5) is 17.9. The molecule has 4 nitrogen and oxygen atoms in total. The first kappa shape index (κ1) is 14.7. The predicted molar refractivity (Wildman–Crippen MR) is 83.6 cm³/mol. The fourth-order valence-corrected chi connectivity index (χ4v) is 4.49. The van der Waals surface area contributed by atoms with Gasteiger partial charge in [-0.15, -0.1) is 11.3 Å². The monoisotopic (exact) mass is 358 g/mol. The molecule has 3 heterocycles. The Morgan fingerprint density at radius 2 is 2.20 bits per heavy atom. The molecule has 2 fully saturated rings. The van der Waals surface area contributed by atoms with Gasteiger partial charge in [-0.25, -0.2) is 0 Å². The van der Waals surface area contributed by atoms with Crippen LogP contribution in [0.1, 0.15) is 16.1 Å². The average Bonchev–Trinajstić information content (AvgIpc) is 3.09. The van der Waals surface area contributed by atoms with Crippen LogP contribution in [0.3, 0.4) is 0 Å². The lowest BCUT2D eigenvalue weighted by atomic mass is 10.2. The molecule has 110 valence electrons. The molecule has 2 aliphatic heterocycles. The molecule has 1 aromatic heterocycles. The van der Waals surface area contributed by atoms with Crippen LogP contribution in [0, 0.1) is 0 Å². The summed E-state index contributed by atoms with van der Waals surface area (Å²) in [6.45, 7) is 6.33. The zero-order valence-corrected chi connectivity index (χ0v) is 13.8. The standard InChI is InChI=1S/C14H19BrN2O2S/c15-12-2-8-20-14(12)13(18)10-16-3-1-11(9-16)17-4-6-19-7-5-17/h2,8,11H,1,3-7,9-10H2. The zero-order chi connectivity index (χ0) is 13.9. The Kier molecular flexibility index (Phi) is 4.88. The van der Waals surface area contributed by atoms with E-state index < -0.39 is 0 Å². The number of nitrogens with zero attached hydrogens (tertiary/aromatic N) is 2. The number of Topliss-reactive ketones (excluding diaryl/α,β-unsaturated/α-hetero) is 1. The lowest BCUT2D eigenvalue weighted by Gasteiger charge is -2.32. The Bertz CT molecular complexity index is 473. The van der Waals surface area contributed by atoms with Gasteiger partial charge in [-0.05, 0) is 33.8 Å². The van der Waals surface area contributed by atoms with Crippen LogP contribution in [-0.2, 0) is 4.74 Å². The molecule has 0 aliphatic carbocycles. The van der Waals surface area contributed by atoms with Gasteiger partial charge in [0.25, 0.3) is 0 Å². The summed E-state index contributed by atoms with van der Waals surface area (Å²) in [5.41, 5.74) is 0. The number of halogens is 1. The summed E-state index contributed by atoms with van der Waals surface area (Å²) < 4.78 is 6.33. The molecule has 20 heavy (non-hydrogen) atoms. The van der Waals surface area contributed by atoms with Crippen LogP contribution in [-0.4, -0.2) is 67.6 Å². The number of hydrogen-bond acceptors (Lipinski definition) is 5. The minimum Gasteiger partial charge on any atom is -0.379 e. The smallest absolute Gasteiger partial charge is 0.187 e. The molecule has 1 aromatic rings. The minimum atomic E-state index is 0.231. The van der Waals surface area contributed by atoms with E-state index in [0.717, 1.165) is 48.7 Å². The predicted octanol–water partition coefficient (Wildman–Crippen LogP) is 2.10. The van der Waals surface area contributed by atoms with Crippen molar-refractivity contribution < 1.29 is 9.53 Å². The highest BCUT2D eigenvalue weighted by atomic mass is 79.9. The maximum absolute atomic E-state index is 12.3. The van der Waals surface area contributed by atoms with Gasteiger partial charge in [-0.2, -0.15) is 0 Å². The van der Waals surface area contributed by atoms with Gasteiger partial charge in [-0.1, -0.05) is 0 Å². The van der Waals surface area contributed by atoms with E-state index in [4.69, 9.17) is 4.74 Å². The van der Waals surface area contributed by atoms with Gasteiger partial charge in [0.2, 0.25) is 0 Å². The molecular weight excluding hydrogens is 340 g/mol. The van der Waals surface area contributed by atoms with E-state index in [1.54, 1.807) is 0 Å². The highest BCUT2D eigenvalue weighted by molar-refractivity contribution is 9.10. The SMILES string of the molecule is O=C(CN1CCC(N2CCOCC2)C1)c1sccc1Br. The van der Waals surface area contributed by atoms with Crippen LogP contribution < -0.4 is 0 Å². The summed E-state index contributed by atoms with van der Waals surface area (Å²) in [7, 11) is 0. The molecule has 0 saturated carbocycles. The lowest BCUT2D eigenvalue weighted by molar-refractivity contribution is 0.0185. The van der Waals surface area contributed by atoms with E-state index in [9.17, 15) is 4.79 Å². The Hall–Kier alpha value is -0.270. The minimum absolute atomic E-state index is 0.231. The summed E-state index contributed by atoms with van der Waals surface area (Å²) >= 11 is 4.96. The third-order valence-electron chi connectivity index (χ3n) is 4.05. The quantitative estimate of drug-likeness (QED) is 0.771. The van der Waals surface area contributed by atoms with Crippen molar-refractivity contribution in [2.75, 3.05) is 45.9 Å². The number of likely N-dealkylation sites (tertiary alicyclic amines) is 1. The number of thiophene rings is 1. The second-order valence-corrected chi connectivity index (χ2v) is 7.12. The van der Waals surface area contributed by atoms with Gasteiger partial charge in [0, 0.05) is 36.7 Å². The fraction of sp³-hybridized carbons (Fsp3) is 0.643. The molecule has 2 aliphatic rings. The first-order chi connectivity index (χ1) is 9.74. The van der Waals surface area contributed by atoms with Crippen molar-refractivity contribution in [3.63, 3.8) is 0 Å². The second kappa shape index (κ2) is 6.66. The van der Waals surface area contributed by atoms with E-state index in [0.29, 0.717) is 12.6 Å². The summed E-state index contributed by atoms with van der Waals surface area (Å²) in [5, 5.41) is 1.96. The number of ketones is 1. The molecule has 2 saturated heterocycles. The Balaban J connectivity index is 1.52. The van der Waals surface area contributed by atoms with Crippen LogP contribution >= 0.6 is 27.3 Å². The van der Waals surface area contributed by atoms with Crippen LogP contribution in [0.15, 0.2) is 15.9 Å². The van der Waals surface area contributed by atoms with Crippen LogP contribution in [0.5, 0.6) is 0 Å². The van der Waals surface area contributed by atoms with Crippen molar-refractivity contribution in [1.82, 2.24) is 9.80 Å². The van der Waals surface area contributed by atoms with Crippen molar-refractivity contribution in [2.45, 2.75) is 12.5 Å². The zero-order valence-electron chi connectivity index (χ0n) is 11.4. The number of rotatable bonds is 4. The first-order valence-corrected chi connectivity index (χ1v) is 8.71. The van der Waals surface area contributed by atoms with Crippen molar-refractivity contribution in [3.8, 4) is 0 Å². The van der Waals surface area contributed by atoms with Crippen LogP contribution in [0.25, 0.3) is 0 Å². The Morgan fingerprint density at radius 1 is 1.40 bits per heavy atom. The largest absolute Gasteiger partial charge is 0.379 e. The first-order valence-electron chi connectivity index (χ1n) is 7.04. The number of hydrogen-bond donors (Lipinski definition) is 0. The van der Waals surface area contributed by atoms with E-state index in [1.165, 1.54) is 17.8 Å². The molecule has 0 N–H and O–H groups in total. The normalized spacial score (nSPS) is 25.1. The Morgan fingerprint density at radius 3 is 2.90 bits per heavy atom. The average molecular weight is 359 g/mol. The summed E-state index contributed by atoms with van der Waals surface area (Å²) in [6, 6.07) is 2.54. The van der Waals surface area contributed by atoms with Gasteiger partial charge < -0.3 is 4.74 Å². The molecule has 1 atom stereocenters. The van der Waals surface area contributed by atoms with E-state index in [-0.39, 0.29) is 5.78 Å². The molecule has 0 aromatic carbocycles. The van der Waals surface area contributed by atoms with Gasteiger partial charge in [0.05, 0.1) is 24.6 Å². The fourth-order valence-electron chi connectivity index (χ4n) is 2.96. The molecular formula is C14H19BrN2O2S. The van der Waals surface area contributed by atoms with Crippen molar-refractivity contribution in [2.24, 2.45) is 0 Å². The number of ether oxygens (including phenoxy) is 1. The number of carbonyl (C=O) groups is 1. The second-order valence-electron chi connectivity index (χ2n) is 5.35. The van der Waals surface area contributed by atoms with E-state index in [2.05, 4.69) is 25.7 Å². The van der Waals surface area contributed by atoms with Crippen LogP contribution in [0.2, 0.25) is 0 Å². The topological polar surface area (TPSA) is 32.8 Å². The molecule has 1 unspecified atom stereocenters. The highest BCUT2D eigenvalue weighted by Gasteiger charge is 2.30. The maximum atomic E-state index is 12.3. The van der Waals surface area contributed by atoms with Crippen molar-refractivity contribution in [3.05, 3.63) is 20.8 Å². The highest BCUT2D eigenvalue weighted by Crippen LogP contribution is 2.24. The molecule has 3 rings (SSSR count). The number of carbonyl (C=O) groups excluding carboxylic acids is 1. The molecule has 6 heteroatoms. The molecule has 0 amide bonds.